The largest absolute Gasteiger partial charge is 0.486 e. The van der Waals surface area contributed by atoms with E-state index in [9.17, 15) is 4.79 Å². The Morgan fingerprint density at radius 1 is 1.07 bits per heavy atom. The normalized spacial score (nSPS) is 10.7. The Bertz CT molecular complexity index is 1220. The third-order valence-electron chi connectivity index (χ3n) is 4.54. The molecule has 0 bridgehead atoms. The zero-order valence-corrected chi connectivity index (χ0v) is 16.4. The number of rotatable bonds is 7. The van der Waals surface area contributed by atoms with Crippen LogP contribution >= 0.6 is 0 Å². The first-order valence-corrected chi connectivity index (χ1v) is 9.13. The van der Waals surface area contributed by atoms with Crippen LogP contribution in [0.15, 0.2) is 60.8 Å². The minimum Gasteiger partial charge on any atom is -0.486 e. The molecule has 4 aromatic rings. The number of hydrogen-bond acceptors (Lipinski definition) is 6. The molecule has 1 N–H and O–H groups in total. The van der Waals surface area contributed by atoms with Gasteiger partial charge in [-0.2, -0.15) is 0 Å². The van der Waals surface area contributed by atoms with Crippen LogP contribution in [0, 0.1) is 0 Å². The van der Waals surface area contributed by atoms with Gasteiger partial charge in [0.1, 0.15) is 29.7 Å². The summed E-state index contributed by atoms with van der Waals surface area (Å²) in [7, 11) is 3.44. The molecule has 8 nitrogen and oxygen atoms in total. The van der Waals surface area contributed by atoms with E-state index in [1.807, 2.05) is 29.8 Å². The molecule has 8 heteroatoms. The molecule has 0 spiro atoms. The van der Waals surface area contributed by atoms with Gasteiger partial charge in [-0.3, -0.25) is 0 Å². The Labute approximate surface area is 172 Å². The highest BCUT2D eigenvalue weighted by atomic mass is 16.5. The van der Waals surface area contributed by atoms with Gasteiger partial charge in [0.15, 0.2) is 0 Å². The zero-order valence-electron chi connectivity index (χ0n) is 16.4. The summed E-state index contributed by atoms with van der Waals surface area (Å²) < 4.78 is 18.7. The van der Waals surface area contributed by atoms with Gasteiger partial charge in [-0.1, -0.05) is 6.07 Å². The molecular weight excluding hydrogens is 386 g/mol. The fraction of sp³-hybridized carbons (Fsp3) is 0.136. The maximum absolute atomic E-state index is 11.1. The fourth-order valence-corrected chi connectivity index (χ4v) is 2.98. The van der Waals surface area contributed by atoms with E-state index in [2.05, 4.69) is 9.97 Å². The average Bonchev–Trinajstić information content (AvgIpc) is 3.08. The summed E-state index contributed by atoms with van der Waals surface area (Å²) in [5.41, 5.74) is 1.86. The summed E-state index contributed by atoms with van der Waals surface area (Å²) in [6.07, 6.45) is 1.62. The number of nitrogens with zero attached hydrogens (tertiary/aromatic N) is 3. The monoisotopic (exact) mass is 405 g/mol. The maximum atomic E-state index is 11.1. The molecule has 30 heavy (non-hydrogen) atoms. The third kappa shape index (κ3) is 4.02. The van der Waals surface area contributed by atoms with Crippen molar-refractivity contribution in [3.8, 4) is 23.1 Å². The van der Waals surface area contributed by atoms with Crippen molar-refractivity contribution >= 4 is 17.0 Å². The van der Waals surface area contributed by atoms with Crippen LogP contribution in [0.3, 0.4) is 0 Å². The number of ether oxygens (including phenoxy) is 3. The Hall–Kier alpha value is -4.07. The van der Waals surface area contributed by atoms with Gasteiger partial charge in [0.05, 0.1) is 23.7 Å². The summed E-state index contributed by atoms with van der Waals surface area (Å²) >= 11 is 0. The van der Waals surface area contributed by atoms with E-state index in [0.29, 0.717) is 29.0 Å². The third-order valence-corrected chi connectivity index (χ3v) is 4.54. The van der Waals surface area contributed by atoms with Crippen molar-refractivity contribution in [1.29, 1.82) is 0 Å². The molecule has 0 aliphatic heterocycles. The molecule has 2 heterocycles. The predicted molar refractivity (Wildman–Crippen MR) is 109 cm³/mol. The molecule has 152 valence electrons. The highest BCUT2D eigenvalue weighted by molar-refractivity contribution is 5.88. The van der Waals surface area contributed by atoms with E-state index >= 15 is 0 Å². The lowest BCUT2D eigenvalue weighted by Gasteiger charge is -2.08. The smallest absolute Gasteiger partial charge is 0.335 e. The molecule has 0 atom stereocenters. The van der Waals surface area contributed by atoms with Gasteiger partial charge in [0.25, 0.3) is 0 Å². The van der Waals surface area contributed by atoms with Crippen LogP contribution in [-0.4, -0.2) is 32.7 Å². The van der Waals surface area contributed by atoms with Crippen molar-refractivity contribution < 1.29 is 24.1 Å². The second kappa shape index (κ2) is 8.12. The number of pyridine rings is 1. The van der Waals surface area contributed by atoms with Crippen LogP contribution in [0.1, 0.15) is 16.2 Å². The Morgan fingerprint density at radius 2 is 1.90 bits per heavy atom. The number of imidazole rings is 1. The molecule has 2 aromatic carbocycles. The van der Waals surface area contributed by atoms with Crippen molar-refractivity contribution in [2.24, 2.45) is 7.05 Å². The Balaban J connectivity index is 1.53. The number of carboxylic acids is 1. The van der Waals surface area contributed by atoms with Crippen molar-refractivity contribution in [3.63, 3.8) is 0 Å². The lowest BCUT2D eigenvalue weighted by molar-refractivity contribution is 0.0696. The first kappa shape index (κ1) is 19.3. The van der Waals surface area contributed by atoms with Crippen LogP contribution in [-0.2, 0) is 13.7 Å². The molecule has 0 amide bonds. The maximum Gasteiger partial charge on any atom is 0.335 e. The highest BCUT2D eigenvalue weighted by Gasteiger charge is 2.11. The van der Waals surface area contributed by atoms with E-state index in [-0.39, 0.29) is 12.2 Å². The Kier molecular flexibility index (Phi) is 5.21. The van der Waals surface area contributed by atoms with E-state index in [0.717, 1.165) is 11.0 Å². The van der Waals surface area contributed by atoms with Gasteiger partial charge in [-0.25, -0.2) is 14.8 Å². The van der Waals surface area contributed by atoms with E-state index in [1.54, 1.807) is 37.6 Å². The minimum absolute atomic E-state index is 0.173. The van der Waals surface area contributed by atoms with Crippen LogP contribution in [0.25, 0.3) is 11.0 Å². The fourth-order valence-electron chi connectivity index (χ4n) is 2.98. The van der Waals surface area contributed by atoms with Crippen LogP contribution in [0.2, 0.25) is 0 Å². The summed E-state index contributed by atoms with van der Waals surface area (Å²) in [5, 5.41) is 9.10. The molecule has 4 rings (SSSR count). The van der Waals surface area contributed by atoms with Crippen LogP contribution in [0.5, 0.6) is 23.1 Å². The number of benzene rings is 2. The molecule has 2 aromatic heterocycles. The second-order valence-corrected chi connectivity index (χ2v) is 6.50. The lowest BCUT2D eigenvalue weighted by Crippen LogP contribution is -2.04. The summed E-state index contributed by atoms with van der Waals surface area (Å²) in [5.74, 6) is 1.92. The molecule has 0 unspecified atom stereocenters. The number of aromatic carboxylic acids is 1. The molecule has 0 aliphatic rings. The molecule has 0 saturated carbocycles. The van der Waals surface area contributed by atoms with Crippen molar-refractivity contribution in [2.45, 2.75) is 6.61 Å². The topological polar surface area (TPSA) is 95.7 Å². The second-order valence-electron chi connectivity index (χ2n) is 6.50. The van der Waals surface area contributed by atoms with Gasteiger partial charge in [-0.05, 0) is 36.4 Å². The first-order valence-electron chi connectivity index (χ1n) is 9.13. The van der Waals surface area contributed by atoms with Crippen molar-refractivity contribution in [3.05, 3.63) is 72.2 Å². The number of hydrogen-bond donors (Lipinski definition) is 1. The van der Waals surface area contributed by atoms with Gasteiger partial charge in [0.2, 0.25) is 5.88 Å². The SMILES string of the molecule is COc1cc(Oc2ccc3nc(COc4cccc(C(=O)O)c4)n(C)c3c2)ccn1. The zero-order chi connectivity index (χ0) is 21.1. The molecule has 0 fully saturated rings. The van der Waals surface area contributed by atoms with Crippen molar-refractivity contribution in [2.75, 3.05) is 7.11 Å². The van der Waals surface area contributed by atoms with E-state index in [4.69, 9.17) is 19.3 Å². The lowest BCUT2D eigenvalue weighted by atomic mass is 10.2. The number of carbonyl (C=O) groups is 1. The van der Waals surface area contributed by atoms with Crippen LogP contribution in [0.4, 0.5) is 0 Å². The predicted octanol–water partition coefficient (Wildman–Crippen LogP) is 4.05. The molecule has 0 radical (unpaired) electrons. The van der Waals surface area contributed by atoms with Gasteiger partial charge < -0.3 is 23.9 Å². The summed E-state index contributed by atoms with van der Waals surface area (Å²) in [4.78, 5) is 19.8. The summed E-state index contributed by atoms with van der Waals surface area (Å²) in [6, 6.07) is 15.4. The Morgan fingerprint density at radius 3 is 2.70 bits per heavy atom. The van der Waals surface area contributed by atoms with E-state index < -0.39 is 5.97 Å². The number of aromatic nitrogens is 3. The van der Waals surface area contributed by atoms with Crippen molar-refractivity contribution in [1.82, 2.24) is 14.5 Å². The van der Waals surface area contributed by atoms with Crippen LogP contribution < -0.4 is 14.2 Å². The number of fused-ring (bicyclic) bond motifs is 1. The number of methoxy groups -OCH3 is 1. The van der Waals surface area contributed by atoms with E-state index in [1.165, 1.54) is 12.1 Å². The van der Waals surface area contributed by atoms with Gasteiger partial charge in [0, 0.05) is 25.4 Å². The molecular formula is C22H19N3O5. The number of carboxylic acid groups (broad SMARTS) is 1. The quantitative estimate of drug-likeness (QED) is 0.496. The summed E-state index contributed by atoms with van der Waals surface area (Å²) in [6.45, 7) is 0.200. The number of aryl methyl sites for hydroxylation is 1. The molecule has 0 saturated heterocycles. The highest BCUT2D eigenvalue weighted by Crippen LogP contribution is 2.27. The van der Waals surface area contributed by atoms with Gasteiger partial charge >= 0.3 is 5.97 Å². The average molecular weight is 405 g/mol. The first-order chi connectivity index (χ1) is 14.5. The standard InChI is InChI=1S/C22H19N3O5/c1-25-19-11-16(30-17-8-9-23-21(12-17)28-2)6-7-18(19)24-20(25)13-29-15-5-3-4-14(10-15)22(26)27/h3-12H,13H2,1-2H3,(H,26,27). The van der Waals surface area contributed by atoms with Gasteiger partial charge in [-0.15, -0.1) is 0 Å². The minimum atomic E-state index is -0.998. The molecule has 0 aliphatic carbocycles.